The van der Waals surface area contributed by atoms with Crippen LogP contribution in [0, 0.1) is 13.8 Å². The minimum absolute atomic E-state index is 0.250. The summed E-state index contributed by atoms with van der Waals surface area (Å²) in [6.45, 7) is 6.48. The van der Waals surface area contributed by atoms with Crippen molar-refractivity contribution >= 4 is 23.1 Å². The van der Waals surface area contributed by atoms with E-state index in [1.165, 1.54) is 0 Å². The summed E-state index contributed by atoms with van der Waals surface area (Å²) in [4.78, 5) is 12.4. The van der Waals surface area contributed by atoms with Gasteiger partial charge >= 0.3 is 0 Å². The molecule has 27 heavy (non-hydrogen) atoms. The molecule has 1 heterocycles. The summed E-state index contributed by atoms with van der Waals surface area (Å²) in [6, 6.07) is 16.7. The van der Waals surface area contributed by atoms with E-state index >= 15 is 0 Å². The molecule has 3 rings (SSSR count). The first kappa shape index (κ1) is 18.4. The van der Waals surface area contributed by atoms with Crippen LogP contribution in [-0.2, 0) is 0 Å². The highest BCUT2D eigenvalue weighted by Gasteiger charge is 2.11. The van der Waals surface area contributed by atoms with Gasteiger partial charge in [-0.25, -0.2) is 0 Å². The first-order chi connectivity index (χ1) is 13.1. The van der Waals surface area contributed by atoms with E-state index < -0.39 is 0 Å². The molecule has 1 aromatic heterocycles. The number of nitrogens with zero attached hydrogens (tertiary/aromatic N) is 2. The fourth-order valence-corrected chi connectivity index (χ4v) is 2.58. The van der Waals surface area contributed by atoms with Gasteiger partial charge in [0.05, 0.1) is 12.3 Å². The molecule has 0 radical (unpaired) electrons. The summed E-state index contributed by atoms with van der Waals surface area (Å²) in [5.74, 6) is 0.974. The minimum atomic E-state index is -0.294. The quantitative estimate of drug-likeness (QED) is 0.676. The van der Waals surface area contributed by atoms with Gasteiger partial charge in [0.15, 0.2) is 11.5 Å². The molecule has 138 valence electrons. The average Bonchev–Trinajstić information content (AvgIpc) is 2.68. The van der Waals surface area contributed by atoms with Crippen LogP contribution in [0.15, 0.2) is 54.6 Å². The predicted molar refractivity (Wildman–Crippen MR) is 107 cm³/mol. The van der Waals surface area contributed by atoms with Crippen LogP contribution in [0.3, 0.4) is 0 Å². The number of benzene rings is 2. The zero-order valence-electron chi connectivity index (χ0n) is 15.6. The van der Waals surface area contributed by atoms with Crippen LogP contribution < -0.4 is 15.4 Å². The number of anilines is 3. The van der Waals surface area contributed by atoms with Gasteiger partial charge in [0, 0.05) is 5.69 Å². The van der Waals surface area contributed by atoms with Crippen molar-refractivity contribution in [1.82, 2.24) is 10.2 Å². The fraction of sp³-hybridized carbons (Fsp3) is 0.190. The van der Waals surface area contributed by atoms with E-state index in [1.54, 1.807) is 12.1 Å². The third-order valence-corrected chi connectivity index (χ3v) is 4.20. The lowest BCUT2D eigenvalue weighted by Gasteiger charge is -2.12. The van der Waals surface area contributed by atoms with Crippen molar-refractivity contribution in [2.45, 2.75) is 20.8 Å². The van der Waals surface area contributed by atoms with Crippen molar-refractivity contribution in [2.24, 2.45) is 0 Å². The largest absolute Gasteiger partial charge is 0.492 e. The molecule has 0 spiro atoms. The van der Waals surface area contributed by atoms with Crippen molar-refractivity contribution in [1.29, 1.82) is 0 Å². The average molecular weight is 362 g/mol. The second-order valence-corrected chi connectivity index (χ2v) is 6.06. The third-order valence-electron chi connectivity index (χ3n) is 4.20. The highest BCUT2D eigenvalue weighted by molar-refractivity contribution is 6.03. The molecule has 6 nitrogen and oxygen atoms in total. The summed E-state index contributed by atoms with van der Waals surface area (Å²) in [5.41, 5.74) is 3.96. The zero-order valence-corrected chi connectivity index (χ0v) is 15.6. The van der Waals surface area contributed by atoms with E-state index in [0.717, 1.165) is 28.3 Å². The van der Waals surface area contributed by atoms with E-state index in [4.69, 9.17) is 4.74 Å². The smallest absolute Gasteiger partial charge is 0.276 e. The number of aromatic nitrogens is 2. The summed E-state index contributed by atoms with van der Waals surface area (Å²) >= 11 is 0. The van der Waals surface area contributed by atoms with Crippen LogP contribution >= 0.6 is 0 Å². The van der Waals surface area contributed by atoms with Gasteiger partial charge in [-0.1, -0.05) is 24.3 Å². The van der Waals surface area contributed by atoms with Gasteiger partial charge in [0.25, 0.3) is 5.91 Å². The van der Waals surface area contributed by atoms with Gasteiger partial charge < -0.3 is 15.4 Å². The maximum Gasteiger partial charge on any atom is 0.276 e. The van der Waals surface area contributed by atoms with E-state index in [0.29, 0.717) is 12.4 Å². The highest BCUT2D eigenvalue weighted by atomic mass is 16.5. The number of amides is 1. The Hall–Kier alpha value is -3.41. The number of rotatable bonds is 6. The van der Waals surface area contributed by atoms with Gasteiger partial charge in [-0.2, -0.15) is 0 Å². The first-order valence-electron chi connectivity index (χ1n) is 8.78. The normalized spacial score (nSPS) is 10.3. The van der Waals surface area contributed by atoms with Gasteiger partial charge in [0.2, 0.25) is 0 Å². The maximum atomic E-state index is 12.4. The summed E-state index contributed by atoms with van der Waals surface area (Å²) < 4.78 is 5.58. The third kappa shape index (κ3) is 4.41. The second kappa shape index (κ2) is 8.31. The zero-order chi connectivity index (χ0) is 19.2. The van der Waals surface area contributed by atoms with Crippen LogP contribution in [-0.4, -0.2) is 22.7 Å². The van der Waals surface area contributed by atoms with Crippen LogP contribution in [0.5, 0.6) is 5.75 Å². The lowest BCUT2D eigenvalue weighted by atomic mass is 10.1. The number of carbonyl (C=O) groups excluding carboxylic acids is 1. The molecule has 2 N–H and O–H groups in total. The van der Waals surface area contributed by atoms with Crippen molar-refractivity contribution in [3.63, 3.8) is 0 Å². The summed E-state index contributed by atoms with van der Waals surface area (Å²) in [5, 5.41) is 14.2. The molecule has 0 fully saturated rings. The summed E-state index contributed by atoms with van der Waals surface area (Å²) in [6.07, 6.45) is 0. The number of nitrogens with one attached hydrogen (secondary N) is 2. The number of hydrogen-bond donors (Lipinski definition) is 2. The Balaban J connectivity index is 1.72. The molecule has 0 aliphatic rings. The number of aryl methyl sites for hydroxylation is 1. The Bertz CT molecular complexity index is 939. The predicted octanol–water partition coefficient (Wildman–Crippen LogP) is 4.49. The van der Waals surface area contributed by atoms with Crippen LogP contribution in [0.1, 0.15) is 28.5 Å². The molecule has 3 aromatic rings. The van der Waals surface area contributed by atoms with E-state index in [9.17, 15) is 4.79 Å². The van der Waals surface area contributed by atoms with E-state index in [-0.39, 0.29) is 11.6 Å². The molecule has 0 saturated carbocycles. The van der Waals surface area contributed by atoms with Gasteiger partial charge in [-0.05, 0) is 62.2 Å². The molecule has 0 saturated heterocycles. The number of carbonyl (C=O) groups is 1. The van der Waals surface area contributed by atoms with Crippen molar-refractivity contribution < 1.29 is 9.53 Å². The van der Waals surface area contributed by atoms with Crippen LogP contribution in [0.2, 0.25) is 0 Å². The van der Waals surface area contributed by atoms with Gasteiger partial charge in [0.1, 0.15) is 5.75 Å². The monoisotopic (exact) mass is 362 g/mol. The topological polar surface area (TPSA) is 76.1 Å². The lowest BCUT2D eigenvalue weighted by Crippen LogP contribution is -2.15. The highest BCUT2D eigenvalue weighted by Crippen LogP contribution is 2.26. The van der Waals surface area contributed by atoms with Crippen molar-refractivity contribution in [2.75, 3.05) is 17.2 Å². The number of hydrogen-bond acceptors (Lipinski definition) is 5. The maximum absolute atomic E-state index is 12.4. The SMILES string of the molecule is CCOc1ccccc1Nc1ccc(C(=O)Nc2cccc(C)c2C)nn1. The molecule has 0 atom stereocenters. The molecule has 0 aliphatic carbocycles. The molecular weight excluding hydrogens is 340 g/mol. The molecular formula is C21H22N4O2. The molecule has 0 bridgehead atoms. The van der Waals surface area contributed by atoms with Crippen molar-refractivity contribution in [3.05, 3.63) is 71.4 Å². The Morgan fingerprint density at radius 3 is 2.48 bits per heavy atom. The standard InChI is InChI=1S/C21H22N4O2/c1-4-27-19-11-6-5-9-17(19)22-20-13-12-18(24-25-20)21(26)23-16-10-7-8-14(2)15(16)3/h5-13H,4H2,1-3H3,(H,22,25)(H,23,26). The molecule has 6 heteroatoms. The Morgan fingerprint density at radius 1 is 0.963 bits per heavy atom. The fourth-order valence-electron chi connectivity index (χ4n) is 2.58. The van der Waals surface area contributed by atoms with E-state index in [1.807, 2.05) is 63.2 Å². The van der Waals surface area contributed by atoms with Crippen LogP contribution in [0.25, 0.3) is 0 Å². The second-order valence-electron chi connectivity index (χ2n) is 6.06. The van der Waals surface area contributed by atoms with Crippen LogP contribution in [0.4, 0.5) is 17.2 Å². The molecule has 1 amide bonds. The van der Waals surface area contributed by atoms with E-state index in [2.05, 4.69) is 20.8 Å². The van der Waals surface area contributed by atoms with Gasteiger partial charge in [-0.15, -0.1) is 10.2 Å². The molecule has 0 unspecified atom stereocenters. The lowest BCUT2D eigenvalue weighted by molar-refractivity contribution is 0.102. The summed E-state index contributed by atoms with van der Waals surface area (Å²) in [7, 11) is 0. The number of para-hydroxylation sites is 2. The number of ether oxygens (including phenoxy) is 1. The first-order valence-corrected chi connectivity index (χ1v) is 8.78. The van der Waals surface area contributed by atoms with Crippen molar-refractivity contribution in [3.8, 4) is 5.75 Å². The molecule has 0 aliphatic heterocycles. The minimum Gasteiger partial charge on any atom is -0.492 e. The Labute approximate surface area is 158 Å². The molecule has 2 aromatic carbocycles. The Morgan fingerprint density at radius 2 is 1.74 bits per heavy atom. The Kier molecular flexibility index (Phi) is 5.66. The van der Waals surface area contributed by atoms with Gasteiger partial charge in [-0.3, -0.25) is 4.79 Å².